The molecule has 0 aliphatic carbocycles. The number of benzene rings is 1. The van der Waals surface area contributed by atoms with Gasteiger partial charge in [-0.15, -0.1) is 0 Å². The summed E-state index contributed by atoms with van der Waals surface area (Å²) < 4.78 is 5.27. The van der Waals surface area contributed by atoms with Crippen molar-refractivity contribution in [2.75, 3.05) is 7.11 Å². The van der Waals surface area contributed by atoms with Gasteiger partial charge in [-0.25, -0.2) is 0 Å². The van der Waals surface area contributed by atoms with E-state index in [2.05, 4.69) is 5.32 Å². The van der Waals surface area contributed by atoms with Crippen LogP contribution < -0.4 is 5.32 Å². The SMILES string of the molecule is COC1=CC/C(C)=C(/c2cccc(Cl)c2)NC(=O)C(C)=C1. The normalized spacial score (nSPS) is 19.7. The number of hydrogen-bond donors (Lipinski definition) is 1. The predicted octanol–water partition coefficient (Wildman–Crippen LogP) is 4.07. The molecule has 1 heterocycles. The Morgan fingerprint density at radius 2 is 2.05 bits per heavy atom. The predicted molar refractivity (Wildman–Crippen MR) is 85.7 cm³/mol. The van der Waals surface area contributed by atoms with E-state index in [0.717, 1.165) is 16.8 Å². The van der Waals surface area contributed by atoms with Gasteiger partial charge < -0.3 is 10.1 Å². The van der Waals surface area contributed by atoms with Crippen molar-refractivity contribution in [3.8, 4) is 0 Å². The molecule has 0 unspecified atom stereocenters. The first-order chi connectivity index (χ1) is 10.0. The number of rotatable bonds is 2. The highest BCUT2D eigenvalue weighted by molar-refractivity contribution is 6.30. The van der Waals surface area contributed by atoms with E-state index in [4.69, 9.17) is 16.3 Å². The summed E-state index contributed by atoms with van der Waals surface area (Å²) in [6, 6.07) is 7.46. The van der Waals surface area contributed by atoms with Crippen LogP contribution in [0.4, 0.5) is 0 Å². The van der Waals surface area contributed by atoms with Gasteiger partial charge in [0.1, 0.15) is 5.76 Å². The molecule has 0 saturated carbocycles. The maximum absolute atomic E-state index is 12.3. The summed E-state index contributed by atoms with van der Waals surface area (Å²) in [5.41, 5.74) is 3.33. The largest absolute Gasteiger partial charge is 0.497 e. The van der Waals surface area contributed by atoms with Crippen molar-refractivity contribution < 1.29 is 9.53 Å². The molecule has 1 aromatic rings. The van der Waals surface area contributed by atoms with Gasteiger partial charge in [-0.3, -0.25) is 4.79 Å². The molecule has 1 amide bonds. The smallest absolute Gasteiger partial charge is 0.251 e. The number of ether oxygens (including phenoxy) is 1. The number of hydrogen-bond acceptors (Lipinski definition) is 2. The standard InChI is InChI=1S/C17H18ClNO2/c1-11-7-8-15(21-3)9-12(2)17(20)19-16(11)13-5-4-6-14(18)10-13/h4-6,8-10H,7H2,1-3H3,(H,19,20)/b12-9?,15-8?,16-11-. The molecular weight excluding hydrogens is 286 g/mol. The van der Waals surface area contributed by atoms with E-state index in [-0.39, 0.29) is 5.91 Å². The Hall–Kier alpha value is -2.00. The molecular formula is C17H18ClNO2. The molecule has 0 fully saturated rings. The Labute approximate surface area is 129 Å². The Balaban J connectivity index is 2.49. The number of carbonyl (C=O) groups is 1. The molecule has 0 aromatic heterocycles. The van der Waals surface area contributed by atoms with Crippen LogP contribution in [0.1, 0.15) is 25.8 Å². The third-order valence-corrected chi connectivity index (χ3v) is 3.58. The van der Waals surface area contributed by atoms with Gasteiger partial charge in [0.25, 0.3) is 5.91 Å². The summed E-state index contributed by atoms with van der Waals surface area (Å²) in [7, 11) is 1.60. The number of nitrogens with one attached hydrogen (secondary N) is 1. The second-order valence-electron chi connectivity index (χ2n) is 4.96. The third-order valence-electron chi connectivity index (χ3n) is 3.34. The quantitative estimate of drug-likeness (QED) is 0.894. The van der Waals surface area contributed by atoms with E-state index in [0.29, 0.717) is 22.8 Å². The summed E-state index contributed by atoms with van der Waals surface area (Å²) in [5.74, 6) is 0.545. The Morgan fingerprint density at radius 1 is 1.29 bits per heavy atom. The summed E-state index contributed by atoms with van der Waals surface area (Å²) in [6.45, 7) is 3.75. The van der Waals surface area contributed by atoms with Gasteiger partial charge in [0.15, 0.2) is 0 Å². The van der Waals surface area contributed by atoms with Crippen LogP contribution in [-0.4, -0.2) is 13.0 Å². The highest BCUT2D eigenvalue weighted by Crippen LogP contribution is 2.24. The minimum Gasteiger partial charge on any atom is -0.497 e. The molecule has 1 aliphatic rings. The van der Waals surface area contributed by atoms with Crippen molar-refractivity contribution in [3.63, 3.8) is 0 Å². The van der Waals surface area contributed by atoms with Crippen LogP contribution in [0, 0.1) is 0 Å². The molecule has 0 radical (unpaired) electrons. The van der Waals surface area contributed by atoms with E-state index in [9.17, 15) is 4.79 Å². The van der Waals surface area contributed by atoms with Crippen molar-refractivity contribution in [2.24, 2.45) is 0 Å². The van der Waals surface area contributed by atoms with E-state index in [1.54, 1.807) is 20.1 Å². The number of halogens is 1. The minimum atomic E-state index is -0.144. The molecule has 4 heteroatoms. The first-order valence-corrected chi connectivity index (χ1v) is 7.08. The maximum atomic E-state index is 12.3. The van der Waals surface area contributed by atoms with Gasteiger partial charge in [-0.2, -0.15) is 0 Å². The van der Waals surface area contributed by atoms with Crippen molar-refractivity contribution >= 4 is 23.2 Å². The molecule has 0 spiro atoms. The van der Waals surface area contributed by atoms with E-state index in [1.807, 2.05) is 37.3 Å². The molecule has 1 aliphatic heterocycles. The van der Waals surface area contributed by atoms with Crippen LogP contribution in [0.5, 0.6) is 0 Å². The maximum Gasteiger partial charge on any atom is 0.251 e. The number of allylic oxidation sites excluding steroid dienone is 3. The lowest BCUT2D eigenvalue weighted by Gasteiger charge is -2.13. The van der Waals surface area contributed by atoms with Crippen molar-refractivity contribution in [2.45, 2.75) is 20.3 Å². The summed E-state index contributed by atoms with van der Waals surface area (Å²) in [6.07, 6.45) is 4.39. The average molecular weight is 304 g/mol. The van der Waals surface area contributed by atoms with Crippen LogP contribution in [-0.2, 0) is 9.53 Å². The van der Waals surface area contributed by atoms with Gasteiger partial charge in [0.05, 0.1) is 7.11 Å². The number of methoxy groups -OCH3 is 1. The van der Waals surface area contributed by atoms with Crippen molar-refractivity contribution in [3.05, 3.63) is 63.9 Å². The molecule has 1 aromatic carbocycles. The molecule has 2 rings (SSSR count). The summed E-state index contributed by atoms with van der Waals surface area (Å²) >= 11 is 6.05. The van der Waals surface area contributed by atoms with Crippen LogP contribution in [0.15, 0.2) is 53.3 Å². The van der Waals surface area contributed by atoms with Gasteiger partial charge >= 0.3 is 0 Å². The lowest BCUT2D eigenvalue weighted by atomic mass is 10.0. The third kappa shape index (κ3) is 3.76. The summed E-state index contributed by atoms with van der Waals surface area (Å²) in [5, 5.41) is 3.61. The summed E-state index contributed by atoms with van der Waals surface area (Å²) in [4.78, 5) is 12.3. The van der Waals surface area contributed by atoms with Crippen LogP contribution in [0.3, 0.4) is 0 Å². The first kappa shape index (κ1) is 15.4. The molecule has 0 saturated heterocycles. The van der Waals surface area contributed by atoms with E-state index in [1.165, 1.54) is 0 Å². The van der Waals surface area contributed by atoms with Crippen LogP contribution >= 0.6 is 11.6 Å². The fraction of sp³-hybridized carbons (Fsp3) is 0.235. The second-order valence-corrected chi connectivity index (χ2v) is 5.40. The molecule has 21 heavy (non-hydrogen) atoms. The van der Waals surface area contributed by atoms with Gasteiger partial charge in [-0.05, 0) is 55.7 Å². The fourth-order valence-electron chi connectivity index (χ4n) is 2.12. The second kappa shape index (κ2) is 6.64. The molecule has 110 valence electrons. The zero-order valence-electron chi connectivity index (χ0n) is 12.4. The zero-order valence-corrected chi connectivity index (χ0v) is 13.1. The Kier molecular flexibility index (Phi) is 4.86. The molecule has 0 bridgehead atoms. The van der Waals surface area contributed by atoms with Crippen molar-refractivity contribution in [1.82, 2.24) is 5.32 Å². The highest BCUT2D eigenvalue weighted by Gasteiger charge is 2.14. The average Bonchev–Trinajstić information content (AvgIpc) is 2.52. The van der Waals surface area contributed by atoms with Gasteiger partial charge in [0, 0.05) is 16.3 Å². The molecule has 0 atom stereocenters. The highest BCUT2D eigenvalue weighted by atomic mass is 35.5. The zero-order chi connectivity index (χ0) is 15.4. The van der Waals surface area contributed by atoms with Gasteiger partial charge in [0.2, 0.25) is 0 Å². The molecule has 3 nitrogen and oxygen atoms in total. The van der Waals surface area contributed by atoms with E-state index < -0.39 is 0 Å². The molecule has 1 N–H and O–H groups in total. The van der Waals surface area contributed by atoms with Gasteiger partial charge in [-0.1, -0.05) is 23.7 Å². The Bertz CT molecular complexity index is 657. The van der Waals surface area contributed by atoms with Crippen LogP contribution in [0.2, 0.25) is 5.02 Å². The monoisotopic (exact) mass is 303 g/mol. The van der Waals surface area contributed by atoms with E-state index >= 15 is 0 Å². The first-order valence-electron chi connectivity index (χ1n) is 6.70. The fourth-order valence-corrected chi connectivity index (χ4v) is 2.31. The topological polar surface area (TPSA) is 38.3 Å². The van der Waals surface area contributed by atoms with Crippen molar-refractivity contribution in [1.29, 1.82) is 0 Å². The lowest BCUT2D eigenvalue weighted by Crippen LogP contribution is -2.23. The lowest BCUT2D eigenvalue weighted by molar-refractivity contribution is -0.116. The van der Waals surface area contributed by atoms with Crippen LogP contribution in [0.25, 0.3) is 5.70 Å². The minimum absolute atomic E-state index is 0.144. The Morgan fingerprint density at radius 3 is 2.71 bits per heavy atom. The number of carbonyl (C=O) groups excluding carboxylic acids is 1. The number of amides is 1.